The normalized spacial score (nSPS) is 14.5. The highest BCUT2D eigenvalue weighted by atomic mass is 16.6. The van der Waals surface area contributed by atoms with Crippen LogP contribution in [-0.2, 0) is 11.3 Å². The first kappa shape index (κ1) is 16.3. The minimum Gasteiger partial charge on any atom is -0.493 e. The molecule has 1 aromatic rings. The molecule has 2 rings (SSSR count). The highest BCUT2D eigenvalue weighted by Gasteiger charge is 2.26. The van der Waals surface area contributed by atoms with Crippen LogP contribution in [0.5, 0.6) is 17.2 Å². The summed E-state index contributed by atoms with van der Waals surface area (Å²) >= 11 is 0. The zero-order valence-electron chi connectivity index (χ0n) is 13.8. The standard InChI is InChI=1S/C16H23NO5/c1-16(2,3)22-15(18)17-6-7-21-12-9-14(20-5)13(19-4)8-11(12)10-17/h8-9H,6-7,10H2,1-5H3. The maximum atomic E-state index is 12.2. The van der Waals surface area contributed by atoms with Crippen LogP contribution in [0, 0.1) is 0 Å². The third-order valence-electron chi connectivity index (χ3n) is 3.20. The summed E-state index contributed by atoms with van der Waals surface area (Å²) in [5.74, 6) is 1.91. The largest absolute Gasteiger partial charge is 0.493 e. The van der Waals surface area contributed by atoms with Crippen LogP contribution in [0.2, 0.25) is 0 Å². The van der Waals surface area contributed by atoms with E-state index < -0.39 is 5.60 Å². The second kappa shape index (κ2) is 6.34. The van der Waals surface area contributed by atoms with Crippen molar-refractivity contribution in [2.75, 3.05) is 27.4 Å². The lowest BCUT2D eigenvalue weighted by Gasteiger charge is -2.26. The predicted molar refractivity (Wildman–Crippen MR) is 81.7 cm³/mol. The van der Waals surface area contributed by atoms with Crippen LogP contribution in [0.1, 0.15) is 26.3 Å². The van der Waals surface area contributed by atoms with Gasteiger partial charge in [0.15, 0.2) is 11.5 Å². The minimum atomic E-state index is -0.523. The Balaban J connectivity index is 2.24. The van der Waals surface area contributed by atoms with Gasteiger partial charge in [-0.25, -0.2) is 4.79 Å². The third kappa shape index (κ3) is 3.75. The topological polar surface area (TPSA) is 57.2 Å². The van der Waals surface area contributed by atoms with Crippen molar-refractivity contribution in [3.05, 3.63) is 17.7 Å². The van der Waals surface area contributed by atoms with Gasteiger partial charge in [0.05, 0.1) is 27.3 Å². The fraction of sp³-hybridized carbons (Fsp3) is 0.562. The monoisotopic (exact) mass is 309 g/mol. The van der Waals surface area contributed by atoms with Crippen LogP contribution in [0.4, 0.5) is 4.79 Å². The molecule has 0 atom stereocenters. The second-order valence-electron chi connectivity index (χ2n) is 6.07. The number of benzene rings is 1. The first-order chi connectivity index (χ1) is 10.3. The molecule has 0 aromatic heterocycles. The molecular formula is C16H23NO5. The van der Waals surface area contributed by atoms with Gasteiger partial charge in [-0.3, -0.25) is 0 Å². The van der Waals surface area contributed by atoms with Crippen molar-refractivity contribution < 1.29 is 23.7 Å². The second-order valence-corrected chi connectivity index (χ2v) is 6.07. The molecule has 6 nitrogen and oxygen atoms in total. The van der Waals surface area contributed by atoms with E-state index in [-0.39, 0.29) is 6.09 Å². The molecule has 0 saturated heterocycles. The minimum absolute atomic E-state index is 0.348. The highest BCUT2D eigenvalue weighted by molar-refractivity contribution is 5.68. The molecule has 1 aliphatic heterocycles. The Morgan fingerprint density at radius 2 is 1.82 bits per heavy atom. The molecule has 0 aliphatic carbocycles. The van der Waals surface area contributed by atoms with Crippen LogP contribution in [0.3, 0.4) is 0 Å². The summed E-state index contributed by atoms with van der Waals surface area (Å²) in [6.07, 6.45) is -0.348. The van der Waals surface area contributed by atoms with Crippen molar-refractivity contribution >= 4 is 6.09 Å². The number of hydrogen-bond acceptors (Lipinski definition) is 5. The van der Waals surface area contributed by atoms with Crippen molar-refractivity contribution in [2.45, 2.75) is 32.9 Å². The molecule has 1 aliphatic rings. The van der Waals surface area contributed by atoms with E-state index in [1.54, 1.807) is 25.2 Å². The number of ether oxygens (including phenoxy) is 4. The van der Waals surface area contributed by atoms with Crippen LogP contribution in [0.15, 0.2) is 12.1 Å². The zero-order chi connectivity index (χ0) is 16.3. The van der Waals surface area contributed by atoms with Crippen molar-refractivity contribution in [3.63, 3.8) is 0 Å². The van der Waals surface area contributed by atoms with Gasteiger partial charge in [-0.2, -0.15) is 0 Å². The number of nitrogens with zero attached hydrogens (tertiary/aromatic N) is 1. The van der Waals surface area contributed by atoms with Crippen molar-refractivity contribution in [3.8, 4) is 17.2 Å². The summed E-state index contributed by atoms with van der Waals surface area (Å²) < 4.78 is 21.7. The van der Waals surface area contributed by atoms with E-state index in [4.69, 9.17) is 18.9 Å². The number of rotatable bonds is 2. The lowest BCUT2D eigenvalue weighted by atomic mass is 10.1. The highest BCUT2D eigenvalue weighted by Crippen LogP contribution is 2.36. The van der Waals surface area contributed by atoms with Gasteiger partial charge in [0, 0.05) is 11.6 Å². The Bertz CT molecular complexity index is 550. The van der Waals surface area contributed by atoms with Gasteiger partial charge in [0.2, 0.25) is 0 Å². The summed E-state index contributed by atoms with van der Waals surface area (Å²) in [7, 11) is 3.15. The number of hydrogen-bond donors (Lipinski definition) is 0. The van der Waals surface area contributed by atoms with E-state index >= 15 is 0 Å². The molecule has 6 heteroatoms. The Kier molecular flexibility index (Phi) is 4.68. The summed E-state index contributed by atoms with van der Waals surface area (Å²) in [4.78, 5) is 13.9. The molecule has 0 unspecified atom stereocenters. The fourth-order valence-electron chi connectivity index (χ4n) is 2.19. The molecule has 0 saturated carbocycles. The SMILES string of the molecule is COc1cc2c(cc1OC)OCCN(C(=O)OC(C)(C)C)C2. The van der Waals surface area contributed by atoms with Crippen molar-refractivity contribution in [1.29, 1.82) is 0 Å². The molecule has 1 amide bonds. The number of carbonyl (C=O) groups is 1. The number of carbonyl (C=O) groups excluding carboxylic acids is 1. The predicted octanol–water partition coefficient (Wildman–Crippen LogP) is 2.83. The maximum Gasteiger partial charge on any atom is 0.410 e. The lowest BCUT2D eigenvalue weighted by molar-refractivity contribution is 0.0225. The first-order valence-electron chi connectivity index (χ1n) is 7.19. The van der Waals surface area contributed by atoms with E-state index in [0.29, 0.717) is 36.9 Å². The first-order valence-corrected chi connectivity index (χ1v) is 7.19. The van der Waals surface area contributed by atoms with E-state index in [1.807, 2.05) is 26.8 Å². The Morgan fingerprint density at radius 1 is 1.18 bits per heavy atom. The van der Waals surface area contributed by atoms with Crippen LogP contribution in [-0.4, -0.2) is 44.0 Å². The number of fused-ring (bicyclic) bond motifs is 1. The number of methoxy groups -OCH3 is 2. The summed E-state index contributed by atoms with van der Waals surface area (Å²) in [5, 5.41) is 0. The van der Waals surface area contributed by atoms with Crippen LogP contribution in [0.25, 0.3) is 0 Å². The number of amides is 1. The molecule has 0 radical (unpaired) electrons. The Morgan fingerprint density at radius 3 is 2.41 bits per heavy atom. The molecule has 0 bridgehead atoms. The Hall–Kier alpha value is -2.11. The summed E-state index contributed by atoms with van der Waals surface area (Å²) in [6.45, 7) is 6.82. The van der Waals surface area contributed by atoms with E-state index in [0.717, 1.165) is 5.56 Å². The van der Waals surface area contributed by atoms with Crippen molar-refractivity contribution in [2.24, 2.45) is 0 Å². The van der Waals surface area contributed by atoms with Gasteiger partial charge in [-0.1, -0.05) is 0 Å². The van der Waals surface area contributed by atoms with E-state index in [2.05, 4.69) is 0 Å². The zero-order valence-corrected chi connectivity index (χ0v) is 13.8. The third-order valence-corrected chi connectivity index (χ3v) is 3.20. The molecule has 22 heavy (non-hydrogen) atoms. The summed E-state index contributed by atoms with van der Waals surface area (Å²) in [6, 6.07) is 3.61. The molecule has 0 fully saturated rings. The van der Waals surface area contributed by atoms with Gasteiger partial charge < -0.3 is 23.8 Å². The smallest absolute Gasteiger partial charge is 0.410 e. The molecule has 1 heterocycles. The van der Waals surface area contributed by atoms with Gasteiger partial charge in [-0.15, -0.1) is 0 Å². The maximum absolute atomic E-state index is 12.2. The van der Waals surface area contributed by atoms with Crippen LogP contribution < -0.4 is 14.2 Å². The van der Waals surface area contributed by atoms with Gasteiger partial charge >= 0.3 is 6.09 Å². The van der Waals surface area contributed by atoms with E-state index in [9.17, 15) is 4.79 Å². The Labute approximate surface area is 130 Å². The average molecular weight is 309 g/mol. The van der Waals surface area contributed by atoms with Gasteiger partial charge in [0.1, 0.15) is 18.0 Å². The van der Waals surface area contributed by atoms with Gasteiger partial charge in [0.25, 0.3) is 0 Å². The van der Waals surface area contributed by atoms with E-state index in [1.165, 1.54) is 0 Å². The average Bonchev–Trinajstić information content (AvgIpc) is 2.65. The molecular weight excluding hydrogens is 286 g/mol. The lowest BCUT2D eigenvalue weighted by Crippen LogP contribution is -2.37. The summed E-state index contributed by atoms with van der Waals surface area (Å²) in [5.41, 5.74) is 0.339. The quantitative estimate of drug-likeness (QED) is 0.841. The van der Waals surface area contributed by atoms with Crippen LogP contribution >= 0.6 is 0 Å². The van der Waals surface area contributed by atoms with Gasteiger partial charge in [-0.05, 0) is 26.8 Å². The molecule has 1 aromatic carbocycles. The fourth-order valence-corrected chi connectivity index (χ4v) is 2.19. The van der Waals surface area contributed by atoms with Crippen molar-refractivity contribution in [1.82, 2.24) is 4.90 Å². The molecule has 122 valence electrons. The molecule has 0 N–H and O–H groups in total. The molecule has 0 spiro atoms.